The fourth-order valence-electron chi connectivity index (χ4n) is 2.90. The third-order valence-electron chi connectivity index (χ3n) is 4.17. The van der Waals surface area contributed by atoms with Crippen molar-refractivity contribution in [2.75, 3.05) is 32.6 Å². The molecule has 3 rings (SSSR count). The van der Waals surface area contributed by atoms with E-state index in [1.54, 1.807) is 18.9 Å². The number of benzene rings is 1. The molecule has 1 atom stereocenters. The Morgan fingerprint density at radius 3 is 2.88 bits per heavy atom. The van der Waals surface area contributed by atoms with Crippen molar-refractivity contribution in [3.05, 3.63) is 30.1 Å². The summed E-state index contributed by atoms with van der Waals surface area (Å²) < 4.78 is 13.2. The number of hydrogen-bond donors (Lipinski definition) is 1. The number of hydrogen-bond acceptors (Lipinski definition) is 6. The highest BCUT2D eigenvalue weighted by atomic mass is 32.2. The van der Waals surface area contributed by atoms with Gasteiger partial charge in [0.2, 0.25) is 0 Å². The summed E-state index contributed by atoms with van der Waals surface area (Å²) in [4.78, 5) is 0. The zero-order valence-electron chi connectivity index (χ0n) is 14.2. The van der Waals surface area contributed by atoms with Crippen molar-refractivity contribution < 1.29 is 9.47 Å². The van der Waals surface area contributed by atoms with E-state index in [-0.39, 0.29) is 0 Å². The summed E-state index contributed by atoms with van der Waals surface area (Å²) in [5.41, 5.74) is 0. The SMILES string of the molecule is COc1ccccc1OCCSc1nnc([C@@H]2CCCNC2)n1C. The summed E-state index contributed by atoms with van der Waals surface area (Å²) in [6, 6.07) is 7.69. The van der Waals surface area contributed by atoms with E-state index < -0.39 is 0 Å². The van der Waals surface area contributed by atoms with E-state index in [9.17, 15) is 0 Å². The fraction of sp³-hybridized carbons (Fsp3) is 0.529. The first-order valence-corrected chi connectivity index (χ1v) is 9.26. The van der Waals surface area contributed by atoms with Crippen molar-refractivity contribution in [2.24, 2.45) is 7.05 Å². The average Bonchev–Trinajstić information content (AvgIpc) is 3.00. The molecule has 1 aliphatic rings. The van der Waals surface area contributed by atoms with Crippen LogP contribution in [0.2, 0.25) is 0 Å². The molecular formula is C17H24N4O2S. The van der Waals surface area contributed by atoms with Crippen LogP contribution in [0.1, 0.15) is 24.6 Å². The molecule has 2 heterocycles. The largest absolute Gasteiger partial charge is 0.493 e. The molecule has 1 saturated heterocycles. The van der Waals surface area contributed by atoms with E-state index in [2.05, 4.69) is 20.1 Å². The number of ether oxygens (including phenoxy) is 2. The molecule has 1 fully saturated rings. The van der Waals surface area contributed by atoms with E-state index in [0.29, 0.717) is 12.5 Å². The van der Waals surface area contributed by atoms with E-state index in [1.807, 2.05) is 31.3 Å². The van der Waals surface area contributed by atoms with Gasteiger partial charge in [0.05, 0.1) is 13.7 Å². The van der Waals surface area contributed by atoms with Gasteiger partial charge >= 0.3 is 0 Å². The Hall–Kier alpha value is -1.73. The van der Waals surface area contributed by atoms with Crippen molar-refractivity contribution in [3.8, 4) is 11.5 Å². The topological polar surface area (TPSA) is 61.2 Å². The van der Waals surface area contributed by atoms with Crippen LogP contribution in [0.25, 0.3) is 0 Å². The van der Waals surface area contributed by atoms with E-state index in [4.69, 9.17) is 9.47 Å². The standard InChI is InChI=1S/C17H24N4O2S/c1-21-16(13-6-5-9-18-12-13)19-20-17(21)24-11-10-23-15-8-4-3-7-14(15)22-2/h3-4,7-8,13,18H,5-6,9-12H2,1-2H3/t13-/m1/s1. The van der Waals surface area contributed by atoms with Gasteiger partial charge in [-0.25, -0.2) is 0 Å². The Balaban J connectivity index is 1.51. The molecule has 1 aromatic heterocycles. The zero-order chi connectivity index (χ0) is 16.8. The molecular weight excluding hydrogens is 324 g/mol. The van der Waals surface area contributed by atoms with Crippen LogP contribution in [0.3, 0.4) is 0 Å². The van der Waals surface area contributed by atoms with Crippen LogP contribution in [0.4, 0.5) is 0 Å². The van der Waals surface area contributed by atoms with Crippen LogP contribution in [-0.2, 0) is 7.05 Å². The van der Waals surface area contributed by atoms with Crippen molar-refractivity contribution in [3.63, 3.8) is 0 Å². The number of para-hydroxylation sites is 2. The second-order valence-electron chi connectivity index (χ2n) is 5.79. The smallest absolute Gasteiger partial charge is 0.191 e. The maximum absolute atomic E-state index is 5.80. The van der Waals surface area contributed by atoms with Crippen molar-refractivity contribution in [2.45, 2.75) is 23.9 Å². The molecule has 7 heteroatoms. The number of rotatable bonds is 7. The zero-order valence-corrected chi connectivity index (χ0v) is 15.0. The molecule has 130 valence electrons. The maximum atomic E-state index is 5.80. The molecule has 0 unspecified atom stereocenters. The van der Waals surface area contributed by atoms with Crippen LogP contribution in [0, 0.1) is 0 Å². The van der Waals surface area contributed by atoms with Gasteiger partial charge in [0.25, 0.3) is 0 Å². The lowest BCUT2D eigenvalue weighted by molar-refractivity contribution is 0.313. The van der Waals surface area contributed by atoms with Gasteiger partial charge in [0.15, 0.2) is 16.7 Å². The van der Waals surface area contributed by atoms with E-state index in [0.717, 1.165) is 41.3 Å². The molecule has 0 bridgehead atoms. The van der Waals surface area contributed by atoms with Gasteiger partial charge in [-0.3, -0.25) is 0 Å². The summed E-state index contributed by atoms with van der Waals surface area (Å²) >= 11 is 1.67. The molecule has 1 aliphatic heterocycles. The summed E-state index contributed by atoms with van der Waals surface area (Å²) in [5.74, 6) is 3.89. The van der Waals surface area contributed by atoms with Crippen LogP contribution in [-0.4, -0.2) is 47.3 Å². The van der Waals surface area contributed by atoms with Crippen molar-refractivity contribution >= 4 is 11.8 Å². The Kier molecular flexibility index (Phi) is 5.98. The molecule has 0 aliphatic carbocycles. The van der Waals surface area contributed by atoms with Gasteiger partial charge in [0.1, 0.15) is 5.82 Å². The molecule has 0 radical (unpaired) electrons. The van der Waals surface area contributed by atoms with Gasteiger partial charge in [-0.2, -0.15) is 0 Å². The first kappa shape index (κ1) is 17.1. The molecule has 0 amide bonds. The third-order valence-corrected chi connectivity index (χ3v) is 5.16. The van der Waals surface area contributed by atoms with Crippen LogP contribution in [0.5, 0.6) is 11.5 Å². The highest BCUT2D eigenvalue weighted by Gasteiger charge is 2.21. The summed E-state index contributed by atoms with van der Waals surface area (Å²) in [7, 11) is 3.70. The minimum atomic E-state index is 0.468. The number of methoxy groups -OCH3 is 1. The Morgan fingerprint density at radius 2 is 2.12 bits per heavy atom. The molecule has 6 nitrogen and oxygen atoms in total. The van der Waals surface area contributed by atoms with E-state index in [1.165, 1.54) is 12.8 Å². The predicted octanol–water partition coefficient (Wildman–Crippen LogP) is 2.46. The molecule has 24 heavy (non-hydrogen) atoms. The number of piperidine rings is 1. The molecule has 0 spiro atoms. The normalized spacial score (nSPS) is 17.7. The van der Waals surface area contributed by atoms with Crippen LogP contribution < -0.4 is 14.8 Å². The second kappa shape index (κ2) is 8.39. The minimum absolute atomic E-state index is 0.468. The van der Waals surface area contributed by atoms with E-state index >= 15 is 0 Å². The maximum Gasteiger partial charge on any atom is 0.191 e. The average molecular weight is 348 g/mol. The van der Waals surface area contributed by atoms with Crippen LogP contribution in [0.15, 0.2) is 29.4 Å². The summed E-state index contributed by atoms with van der Waals surface area (Å²) in [6.45, 7) is 2.70. The highest BCUT2D eigenvalue weighted by molar-refractivity contribution is 7.99. The van der Waals surface area contributed by atoms with Gasteiger partial charge in [-0.15, -0.1) is 10.2 Å². The van der Waals surface area contributed by atoms with Crippen LogP contribution >= 0.6 is 11.8 Å². The molecule has 2 aromatic rings. The number of nitrogens with one attached hydrogen (secondary N) is 1. The predicted molar refractivity (Wildman–Crippen MR) is 95.1 cm³/mol. The first-order valence-electron chi connectivity index (χ1n) is 8.28. The highest BCUT2D eigenvalue weighted by Crippen LogP contribution is 2.27. The second-order valence-corrected chi connectivity index (χ2v) is 6.85. The monoisotopic (exact) mass is 348 g/mol. The lowest BCUT2D eigenvalue weighted by atomic mass is 9.99. The number of thioether (sulfide) groups is 1. The van der Waals surface area contributed by atoms with Gasteiger partial charge in [-0.05, 0) is 31.5 Å². The lowest BCUT2D eigenvalue weighted by Gasteiger charge is -2.21. The molecule has 0 saturated carbocycles. The first-order chi connectivity index (χ1) is 11.8. The molecule has 1 N–H and O–H groups in total. The quantitative estimate of drug-likeness (QED) is 0.613. The third kappa shape index (κ3) is 4.02. The lowest BCUT2D eigenvalue weighted by Crippen LogP contribution is -2.29. The Morgan fingerprint density at radius 1 is 1.29 bits per heavy atom. The van der Waals surface area contributed by atoms with Gasteiger partial charge in [-0.1, -0.05) is 23.9 Å². The van der Waals surface area contributed by atoms with Crippen molar-refractivity contribution in [1.82, 2.24) is 20.1 Å². The summed E-state index contributed by atoms with van der Waals surface area (Å²) in [5, 5.41) is 13.1. The van der Waals surface area contributed by atoms with Gasteiger partial charge in [0, 0.05) is 25.3 Å². The minimum Gasteiger partial charge on any atom is -0.493 e. The van der Waals surface area contributed by atoms with Crippen molar-refractivity contribution in [1.29, 1.82) is 0 Å². The Bertz CT molecular complexity index is 656. The van der Waals surface area contributed by atoms with Gasteiger partial charge < -0.3 is 19.4 Å². The summed E-state index contributed by atoms with van der Waals surface area (Å²) in [6.07, 6.45) is 2.38. The number of aromatic nitrogens is 3. The Labute approximate surface area is 146 Å². The number of nitrogens with zero attached hydrogens (tertiary/aromatic N) is 3. The fourth-order valence-corrected chi connectivity index (χ4v) is 3.64. The molecule has 1 aromatic carbocycles.